The van der Waals surface area contributed by atoms with Crippen molar-refractivity contribution in [1.82, 2.24) is 4.72 Å². The lowest BCUT2D eigenvalue weighted by atomic mass is 10.2. The zero-order chi connectivity index (χ0) is 13.1. The molecule has 0 aliphatic carbocycles. The molecule has 0 saturated carbocycles. The van der Waals surface area contributed by atoms with E-state index in [-0.39, 0.29) is 5.56 Å². The first-order valence-corrected chi connectivity index (χ1v) is 6.08. The monoisotopic (exact) mass is 265 g/mol. The predicted molar refractivity (Wildman–Crippen MR) is 54.6 cm³/mol. The van der Waals surface area contributed by atoms with Gasteiger partial charge < -0.3 is 5.11 Å². The summed E-state index contributed by atoms with van der Waals surface area (Å²) in [5.74, 6) is -4.13. The molecule has 5 nitrogen and oxygen atoms in total. The van der Waals surface area contributed by atoms with E-state index in [1.54, 1.807) is 0 Å². The van der Waals surface area contributed by atoms with Crippen LogP contribution in [0.15, 0.2) is 18.2 Å². The second-order valence-electron chi connectivity index (χ2n) is 3.21. The van der Waals surface area contributed by atoms with Gasteiger partial charge in [-0.3, -0.25) is 4.79 Å². The fourth-order valence-corrected chi connectivity index (χ4v) is 1.88. The van der Waals surface area contributed by atoms with Crippen LogP contribution in [-0.4, -0.2) is 25.2 Å². The van der Waals surface area contributed by atoms with E-state index in [0.717, 1.165) is 18.2 Å². The minimum atomic E-state index is -4.05. The Hall–Kier alpha value is -1.54. The molecule has 0 amide bonds. The number of carboxylic acids is 1. The second-order valence-corrected chi connectivity index (χ2v) is 5.02. The summed E-state index contributed by atoms with van der Waals surface area (Å²) in [5, 5.41) is 8.29. The molecule has 1 aromatic carbocycles. The second kappa shape index (κ2) is 5.19. The van der Waals surface area contributed by atoms with Gasteiger partial charge in [-0.1, -0.05) is 0 Å². The predicted octanol–water partition coefficient (Wildman–Crippen LogP) is 0.469. The van der Waals surface area contributed by atoms with Gasteiger partial charge in [0.25, 0.3) is 0 Å². The van der Waals surface area contributed by atoms with Gasteiger partial charge in [-0.15, -0.1) is 0 Å². The Balaban J connectivity index is 2.74. The fourth-order valence-electron chi connectivity index (χ4n) is 1.08. The van der Waals surface area contributed by atoms with Crippen LogP contribution in [0.5, 0.6) is 0 Å². The molecule has 0 aliphatic rings. The molecule has 0 heterocycles. The van der Waals surface area contributed by atoms with Crippen LogP contribution >= 0.6 is 0 Å². The van der Waals surface area contributed by atoms with Crippen LogP contribution in [0.4, 0.5) is 8.78 Å². The molecule has 0 spiro atoms. The molecule has 17 heavy (non-hydrogen) atoms. The van der Waals surface area contributed by atoms with Gasteiger partial charge in [-0.05, 0) is 18.2 Å². The van der Waals surface area contributed by atoms with Crippen LogP contribution in [0.1, 0.15) is 5.56 Å². The molecule has 1 aromatic rings. The number of hydrogen-bond acceptors (Lipinski definition) is 3. The third-order valence-corrected chi connectivity index (χ3v) is 3.01. The maximum Gasteiger partial charge on any atom is 0.320 e. The lowest BCUT2D eigenvalue weighted by molar-refractivity contribution is -0.134. The van der Waals surface area contributed by atoms with Crippen LogP contribution in [-0.2, 0) is 21.4 Å². The number of halogens is 2. The summed E-state index contributed by atoms with van der Waals surface area (Å²) in [4.78, 5) is 10.2. The van der Waals surface area contributed by atoms with E-state index in [2.05, 4.69) is 0 Å². The number of nitrogens with one attached hydrogen (secondary N) is 1. The highest BCUT2D eigenvalue weighted by molar-refractivity contribution is 7.90. The molecule has 94 valence electrons. The van der Waals surface area contributed by atoms with Gasteiger partial charge in [0.2, 0.25) is 10.0 Å². The highest BCUT2D eigenvalue weighted by atomic mass is 32.2. The van der Waals surface area contributed by atoms with E-state index in [1.165, 1.54) is 0 Å². The molecule has 0 aliphatic heterocycles. The van der Waals surface area contributed by atoms with Crippen LogP contribution in [0, 0.1) is 11.6 Å². The van der Waals surface area contributed by atoms with Gasteiger partial charge in [0, 0.05) is 12.1 Å². The number of aliphatic carboxylic acids is 1. The van der Waals surface area contributed by atoms with Crippen molar-refractivity contribution in [2.24, 2.45) is 0 Å². The number of sulfonamides is 1. The topological polar surface area (TPSA) is 83.5 Å². The van der Waals surface area contributed by atoms with Gasteiger partial charge in [0.15, 0.2) is 5.75 Å². The molecule has 2 N–H and O–H groups in total. The van der Waals surface area contributed by atoms with Gasteiger partial charge in [0.1, 0.15) is 11.6 Å². The average molecular weight is 265 g/mol. The van der Waals surface area contributed by atoms with Crippen LogP contribution in [0.3, 0.4) is 0 Å². The molecule has 0 aromatic heterocycles. The fraction of sp³-hybridized carbons (Fsp3) is 0.222. The SMILES string of the molecule is O=C(O)CS(=O)(=O)NCc1cc(F)ccc1F. The quantitative estimate of drug-likeness (QED) is 0.810. The summed E-state index contributed by atoms with van der Waals surface area (Å²) < 4.78 is 49.9. The molecule has 1 rings (SSSR count). The maximum atomic E-state index is 13.1. The van der Waals surface area contributed by atoms with Gasteiger partial charge in [-0.25, -0.2) is 21.9 Å². The van der Waals surface area contributed by atoms with Crippen molar-refractivity contribution in [1.29, 1.82) is 0 Å². The molecular weight excluding hydrogens is 256 g/mol. The molecule has 0 saturated heterocycles. The minimum Gasteiger partial charge on any atom is -0.480 e. The molecule has 0 radical (unpaired) electrons. The summed E-state index contributed by atoms with van der Waals surface area (Å²) in [6.45, 7) is -0.501. The lowest BCUT2D eigenvalue weighted by Crippen LogP contribution is -2.29. The zero-order valence-electron chi connectivity index (χ0n) is 8.48. The van der Waals surface area contributed by atoms with Crippen molar-refractivity contribution >= 4 is 16.0 Å². The van der Waals surface area contributed by atoms with Crippen LogP contribution in [0.2, 0.25) is 0 Å². The van der Waals surface area contributed by atoms with Gasteiger partial charge in [0.05, 0.1) is 0 Å². The van der Waals surface area contributed by atoms with Crippen LogP contribution in [0.25, 0.3) is 0 Å². The highest BCUT2D eigenvalue weighted by Crippen LogP contribution is 2.09. The first-order chi connectivity index (χ1) is 7.80. The number of rotatable bonds is 5. The summed E-state index contributed by atoms with van der Waals surface area (Å²) in [7, 11) is -4.05. The Kier molecular flexibility index (Phi) is 4.13. The van der Waals surface area contributed by atoms with Crippen molar-refractivity contribution in [3.8, 4) is 0 Å². The summed E-state index contributed by atoms with van der Waals surface area (Å²) in [5.41, 5.74) is -0.195. The number of hydrogen-bond donors (Lipinski definition) is 2. The van der Waals surface area contributed by atoms with Crippen molar-refractivity contribution in [2.45, 2.75) is 6.54 Å². The minimum absolute atomic E-state index is 0.195. The van der Waals surface area contributed by atoms with E-state index in [9.17, 15) is 22.0 Å². The normalized spacial score (nSPS) is 11.4. The molecule has 0 unspecified atom stereocenters. The Bertz CT molecular complexity index is 530. The van der Waals surface area contributed by atoms with Crippen LogP contribution < -0.4 is 4.72 Å². The standard InChI is InChI=1S/C9H9F2NO4S/c10-7-1-2-8(11)6(3-7)4-12-17(15,16)5-9(13)14/h1-3,12H,4-5H2,(H,13,14). The van der Waals surface area contributed by atoms with Gasteiger partial charge in [-0.2, -0.15) is 0 Å². The smallest absolute Gasteiger partial charge is 0.320 e. The Labute approximate surface area is 96.1 Å². The third-order valence-electron chi connectivity index (χ3n) is 1.80. The van der Waals surface area contributed by atoms with E-state index in [1.807, 2.05) is 4.72 Å². The largest absolute Gasteiger partial charge is 0.480 e. The van der Waals surface area contributed by atoms with E-state index in [4.69, 9.17) is 5.11 Å². The summed E-state index contributed by atoms with van der Waals surface area (Å²) in [6, 6.07) is 2.58. The molecule has 0 atom stereocenters. The van der Waals surface area contributed by atoms with Crippen molar-refractivity contribution < 1.29 is 27.1 Å². The summed E-state index contributed by atoms with van der Waals surface area (Å²) >= 11 is 0. The molecule has 0 fully saturated rings. The highest BCUT2D eigenvalue weighted by Gasteiger charge is 2.16. The zero-order valence-corrected chi connectivity index (χ0v) is 9.30. The number of benzene rings is 1. The third kappa shape index (κ3) is 4.45. The van der Waals surface area contributed by atoms with E-state index >= 15 is 0 Å². The van der Waals surface area contributed by atoms with E-state index < -0.39 is 39.9 Å². The summed E-state index contributed by atoms with van der Waals surface area (Å²) in [6.07, 6.45) is 0. The van der Waals surface area contributed by atoms with Gasteiger partial charge >= 0.3 is 5.97 Å². The van der Waals surface area contributed by atoms with E-state index in [0.29, 0.717) is 0 Å². The molecule has 0 bridgehead atoms. The molecule has 8 heteroatoms. The maximum absolute atomic E-state index is 13.1. The number of carboxylic acid groups (broad SMARTS) is 1. The number of carbonyl (C=O) groups is 1. The average Bonchev–Trinajstić information content (AvgIpc) is 2.17. The Morgan fingerprint density at radius 2 is 2.00 bits per heavy atom. The first kappa shape index (κ1) is 13.5. The first-order valence-electron chi connectivity index (χ1n) is 4.43. The molecular formula is C9H9F2NO4S. The Morgan fingerprint density at radius 3 is 2.59 bits per heavy atom. The lowest BCUT2D eigenvalue weighted by Gasteiger charge is -2.05. The Morgan fingerprint density at radius 1 is 1.35 bits per heavy atom. The van der Waals surface area contributed by atoms with Crippen molar-refractivity contribution in [3.63, 3.8) is 0 Å². The van der Waals surface area contributed by atoms with Crippen molar-refractivity contribution in [3.05, 3.63) is 35.4 Å². The van der Waals surface area contributed by atoms with Crippen molar-refractivity contribution in [2.75, 3.05) is 5.75 Å².